The Balaban J connectivity index is 2.20. The molecule has 1 aliphatic rings. The SMILES string of the molecule is CN(CCC(=O)O)C(=O)NCC1(C)CCC1. The van der Waals surface area contributed by atoms with Crippen molar-refractivity contribution in [1.29, 1.82) is 0 Å². The maximum atomic E-state index is 11.6. The molecule has 1 saturated carbocycles. The minimum absolute atomic E-state index is 0.0127. The largest absolute Gasteiger partial charge is 0.481 e. The molecule has 0 aromatic heterocycles. The van der Waals surface area contributed by atoms with Crippen LogP contribution in [0, 0.1) is 5.41 Å². The van der Waals surface area contributed by atoms with E-state index in [9.17, 15) is 9.59 Å². The number of nitrogens with zero attached hydrogens (tertiary/aromatic N) is 1. The van der Waals surface area contributed by atoms with E-state index in [0.29, 0.717) is 6.54 Å². The Labute approximate surface area is 95.8 Å². The first-order chi connectivity index (χ1) is 7.43. The summed E-state index contributed by atoms with van der Waals surface area (Å²) in [6, 6.07) is -0.186. The van der Waals surface area contributed by atoms with E-state index in [2.05, 4.69) is 12.2 Å². The molecule has 92 valence electrons. The van der Waals surface area contributed by atoms with Crippen LogP contribution in [-0.4, -0.2) is 42.1 Å². The van der Waals surface area contributed by atoms with E-state index in [1.54, 1.807) is 7.05 Å². The quantitative estimate of drug-likeness (QED) is 0.745. The fraction of sp³-hybridized carbons (Fsp3) is 0.818. The van der Waals surface area contributed by atoms with E-state index in [4.69, 9.17) is 5.11 Å². The number of hydrogen-bond acceptors (Lipinski definition) is 2. The van der Waals surface area contributed by atoms with Crippen LogP contribution in [0.5, 0.6) is 0 Å². The van der Waals surface area contributed by atoms with E-state index < -0.39 is 5.97 Å². The van der Waals surface area contributed by atoms with Crippen LogP contribution >= 0.6 is 0 Å². The number of aliphatic carboxylic acids is 1. The van der Waals surface area contributed by atoms with Crippen LogP contribution in [-0.2, 0) is 4.79 Å². The lowest BCUT2D eigenvalue weighted by atomic mass is 9.70. The first kappa shape index (κ1) is 12.8. The van der Waals surface area contributed by atoms with E-state index in [0.717, 1.165) is 12.8 Å². The minimum Gasteiger partial charge on any atom is -0.481 e. The summed E-state index contributed by atoms with van der Waals surface area (Å²) in [4.78, 5) is 23.3. The van der Waals surface area contributed by atoms with Gasteiger partial charge in [-0.15, -0.1) is 0 Å². The van der Waals surface area contributed by atoms with Gasteiger partial charge in [0.1, 0.15) is 0 Å². The number of hydrogen-bond donors (Lipinski definition) is 2. The van der Waals surface area contributed by atoms with Gasteiger partial charge in [-0.05, 0) is 18.3 Å². The number of rotatable bonds is 5. The van der Waals surface area contributed by atoms with Crippen molar-refractivity contribution in [3.05, 3.63) is 0 Å². The molecule has 2 N–H and O–H groups in total. The summed E-state index contributed by atoms with van der Waals surface area (Å²) < 4.78 is 0. The fourth-order valence-corrected chi connectivity index (χ4v) is 1.75. The maximum Gasteiger partial charge on any atom is 0.317 e. The number of carbonyl (C=O) groups is 2. The molecule has 0 aromatic carbocycles. The Bertz CT molecular complexity index is 274. The molecule has 0 aromatic rings. The van der Waals surface area contributed by atoms with Gasteiger partial charge < -0.3 is 15.3 Å². The Hall–Kier alpha value is -1.26. The molecule has 0 saturated heterocycles. The van der Waals surface area contributed by atoms with Crippen molar-refractivity contribution >= 4 is 12.0 Å². The summed E-state index contributed by atoms with van der Waals surface area (Å²) in [5.41, 5.74) is 0.253. The van der Waals surface area contributed by atoms with Gasteiger partial charge in [0, 0.05) is 20.1 Å². The van der Waals surface area contributed by atoms with Crippen molar-refractivity contribution in [3.63, 3.8) is 0 Å². The second-order valence-electron chi connectivity index (χ2n) is 4.89. The molecule has 0 heterocycles. The molecule has 0 unspecified atom stereocenters. The Kier molecular flexibility index (Phi) is 4.15. The molecule has 1 aliphatic carbocycles. The Morgan fingerprint density at radius 1 is 1.44 bits per heavy atom. The van der Waals surface area contributed by atoms with Crippen LogP contribution in [0.1, 0.15) is 32.6 Å². The van der Waals surface area contributed by atoms with Crippen molar-refractivity contribution in [2.45, 2.75) is 32.6 Å². The van der Waals surface area contributed by atoms with E-state index in [1.807, 2.05) is 0 Å². The number of carboxylic acids is 1. The maximum absolute atomic E-state index is 11.6. The van der Waals surface area contributed by atoms with Crippen LogP contribution in [0.25, 0.3) is 0 Å². The summed E-state index contributed by atoms with van der Waals surface area (Å²) in [6.45, 7) is 3.09. The van der Waals surface area contributed by atoms with Crippen molar-refractivity contribution in [2.75, 3.05) is 20.1 Å². The molecule has 16 heavy (non-hydrogen) atoms. The van der Waals surface area contributed by atoms with E-state index >= 15 is 0 Å². The standard InChI is InChI=1S/C11H20N2O3/c1-11(5-3-6-11)8-12-10(16)13(2)7-4-9(14)15/h3-8H2,1-2H3,(H,12,16)(H,14,15). The Morgan fingerprint density at radius 3 is 2.50 bits per heavy atom. The molecule has 2 amide bonds. The van der Waals surface area contributed by atoms with E-state index in [-0.39, 0.29) is 24.4 Å². The average molecular weight is 228 g/mol. The van der Waals surface area contributed by atoms with Gasteiger partial charge in [0.05, 0.1) is 6.42 Å². The topological polar surface area (TPSA) is 69.6 Å². The lowest BCUT2D eigenvalue weighted by Crippen LogP contribution is -2.45. The fourth-order valence-electron chi connectivity index (χ4n) is 1.75. The van der Waals surface area contributed by atoms with Crippen LogP contribution in [0.4, 0.5) is 4.79 Å². The molecule has 0 bridgehead atoms. The molecule has 5 nitrogen and oxygen atoms in total. The summed E-state index contributed by atoms with van der Waals surface area (Å²) in [6.07, 6.45) is 3.54. The normalized spacial score (nSPS) is 17.4. The zero-order chi connectivity index (χ0) is 12.2. The number of amides is 2. The predicted octanol–water partition coefficient (Wildman–Crippen LogP) is 1.29. The van der Waals surface area contributed by atoms with Gasteiger partial charge in [-0.1, -0.05) is 13.3 Å². The van der Waals surface area contributed by atoms with Crippen LogP contribution in [0.3, 0.4) is 0 Å². The lowest BCUT2D eigenvalue weighted by molar-refractivity contribution is -0.137. The van der Waals surface area contributed by atoms with Gasteiger partial charge in [-0.2, -0.15) is 0 Å². The first-order valence-electron chi connectivity index (χ1n) is 5.64. The monoisotopic (exact) mass is 228 g/mol. The third-order valence-corrected chi connectivity index (χ3v) is 3.23. The molecule has 1 fully saturated rings. The van der Waals surface area contributed by atoms with Crippen LogP contribution < -0.4 is 5.32 Å². The van der Waals surface area contributed by atoms with Crippen LogP contribution in [0.15, 0.2) is 0 Å². The summed E-state index contributed by atoms with van der Waals surface area (Å²) in [5, 5.41) is 11.3. The summed E-state index contributed by atoms with van der Waals surface area (Å²) in [7, 11) is 1.61. The number of urea groups is 1. The third kappa shape index (κ3) is 3.72. The smallest absolute Gasteiger partial charge is 0.317 e. The van der Waals surface area contributed by atoms with Crippen LogP contribution in [0.2, 0.25) is 0 Å². The zero-order valence-electron chi connectivity index (χ0n) is 9.95. The van der Waals surface area contributed by atoms with Gasteiger partial charge in [0.25, 0.3) is 0 Å². The highest BCUT2D eigenvalue weighted by Gasteiger charge is 2.32. The molecule has 1 rings (SSSR count). The molecular weight excluding hydrogens is 208 g/mol. The van der Waals surface area contributed by atoms with Gasteiger partial charge in [0.2, 0.25) is 0 Å². The highest BCUT2D eigenvalue weighted by molar-refractivity contribution is 5.75. The highest BCUT2D eigenvalue weighted by atomic mass is 16.4. The van der Waals surface area contributed by atoms with Gasteiger partial charge in [-0.25, -0.2) is 4.79 Å². The minimum atomic E-state index is -0.884. The average Bonchev–Trinajstić information content (AvgIpc) is 2.19. The first-order valence-corrected chi connectivity index (χ1v) is 5.64. The molecular formula is C11H20N2O3. The number of carbonyl (C=O) groups excluding carboxylic acids is 1. The van der Waals surface area contributed by atoms with Crippen molar-refractivity contribution in [2.24, 2.45) is 5.41 Å². The number of nitrogens with one attached hydrogen (secondary N) is 1. The van der Waals surface area contributed by atoms with Crippen molar-refractivity contribution < 1.29 is 14.7 Å². The summed E-state index contributed by atoms with van der Waals surface area (Å²) in [5.74, 6) is -0.884. The molecule has 0 atom stereocenters. The van der Waals surface area contributed by atoms with Gasteiger partial charge in [-0.3, -0.25) is 4.79 Å². The highest BCUT2D eigenvalue weighted by Crippen LogP contribution is 2.39. The summed E-state index contributed by atoms with van der Waals surface area (Å²) >= 11 is 0. The molecule has 0 aliphatic heterocycles. The predicted molar refractivity (Wildman–Crippen MR) is 60.2 cm³/mol. The second-order valence-corrected chi connectivity index (χ2v) is 4.89. The lowest BCUT2D eigenvalue weighted by Gasteiger charge is -2.38. The second kappa shape index (κ2) is 5.18. The van der Waals surface area contributed by atoms with E-state index in [1.165, 1.54) is 11.3 Å². The number of carboxylic acid groups (broad SMARTS) is 1. The van der Waals surface area contributed by atoms with Crippen molar-refractivity contribution in [1.82, 2.24) is 10.2 Å². The van der Waals surface area contributed by atoms with Gasteiger partial charge in [0.15, 0.2) is 0 Å². The molecule has 0 radical (unpaired) electrons. The zero-order valence-corrected chi connectivity index (χ0v) is 9.95. The molecule has 5 heteroatoms. The van der Waals surface area contributed by atoms with Crippen molar-refractivity contribution in [3.8, 4) is 0 Å². The Morgan fingerprint density at radius 2 is 2.06 bits per heavy atom. The molecule has 0 spiro atoms. The third-order valence-electron chi connectivity index (χ3n) is 3.23. The van der Waals surface area contributed by atoms with Gasteiger partial charge >= 0.3 is 12.0 Å².